The van der Waals surface area contributed by atoms with Gasteiger partial charge in [0.1, 0.15) is 12.2 Å². The lowest BCUT2D eigenvalue weighted by Crippen LogP contribution is -2.41. The Kier molecular flexibility index (Phi) is 6.64. The number of nitrogens with zero attached hydrogens (tertiary/aromatic N) is 4. The van der Waals surface area contributed by atoms with Crippen LogP contribution in [0.15, 0.2) is 6.33 Å². The highest BCUT2D eigenvalue weighted by molar-refractivity contribution is 4.88. The Bertz CT molecular complexity index is 395. The summed E-state index contributed by atoms with van der Waals surface area (Å²) in [6.45, 7) is 7.46. The first-order valence-electron chi connectivity index (χ1n) is 8.54. The molecule has 0 amide bonds. The van der Waals surface area contributed by atoms with Gasteiger partial charge in [-0.2, -0.15) is 5.10 Å². The molecule has 0 radical (unpaired) electrons. The minimum absolute atomic E-state index is 0.691. The highest BCUT2D eigenvalue weighted by Gasteiger charge is 2.24. The van der Waals surface area contributed by atoms with Crippen molar-refractivity contribution in [2.24, 2.45) is 0 Å². The Hall–Kier alpha value is -0.940. The second-order valence-corrected chi connectivity index (χ2v) is 6.27. The average molecular weight is 293 g/mol. The lowest BCUT2D eigenvalue weighted by Gasteiger charge is -2.34. The third-order valence-corrected chi connectivity index (χ3v) is 4.53. The molecule has 1 saturated carbocycles. The predicted molar refractivity (Wildman–Crippen MR) is 86.1 cm³/mol. The fourth-order valence-corrected chi connectivity index (χ4v) is 3.23. The molecule has 1 heterocycles. The molecule has 0 unspecified atom stereocenters. The van der Waals surface area contributed by atoms with Crippen molar-refractivity contribution in [1.29, 1.82) is 0 Å². The number of hydrogen-bond donors (Lipinski definition) is 1. The van der Waals surface area contributed by atoms with E-state index in [1.807, 2.05) is 4.68 Å². The predicted octanol–water partition coefficient (Wildman–Crippen LogP) is 2.43. The quantitative estimate of drug-likeness (QED) is 0.799. The molecular formula is C16H31N5. The summed E-state index contributed by atoms with van der Waals surface area (Å²) in [5.41, 5.74) is 0. The summed E-state index contributed by atoms with van der Waals surface area (Å²) in [6.07, 6.45) is 9.21. The molecule has 1 aromatic rings. The highest BCUT2D eigenvalue weighted by Crippen LogP contribution is 2.23. The lowest BCUT2D eigenvalue weighted by atomic mass is 9.90. The molecule has 5 heteroatoms. The van der Waals surface area contributed by atoms with Gasteiger partial charge in [0, 0.05) is 18.6 Å². The van der Waals surface area contributed by atoms with Crippen molar-refractivity contribution in [2.75, 3.05) is 13.6 Å². The van der Waals surface area contributed by atoms with Crippen LogP contribution in [0.4, 0.5) is 0 Å². The van der Waals surface area contributed by atoms with E-state index in [1.54, 1.807) is 6.33 Å². The number of aromatic nitrogens is 3. The van der Waals surface area contributed by atoms with E-state index in [0.29, 0.717) is 6.04 Å². The molecule has 1 aliphatic carbocycles. The maximum Gasteiger partial charge on any atom is 0.141 e. The molecule has 2 rings (SSSR count). The van der Waals surface area contributed by atoms with Gasteiger partial charge in [0.05, 0.1) is 6.54 Å². The monoisotopic (exact) mass is 293 g/mol. The van der Waals surface area contributed by atoms with Gasteiger partial charge >= 0.3 is 0 Å². The Morgan fingerprint density at radius 3 is 2.67 bits per heavy atom. The molecule has 1 N–H and O–H groups in total. The van der Waals surface area contributed by atoms with Gasteiger partial charge in [-0.25, -0.2) is 9.67 Å². The van der Waals surface area contributed by atoms with Gasteiger partial charge in [-0.1, -0.05) is 13.8 Å². The van der Waals surface area contributed by atoms with Crippen LogP contribution >= 0.6 is 0 Å². The van der Waals surface area contributed by atoms with Crippen LogP contribution in [-0.4, -0.2) is 45.3 Å². The van der Waals surface area contributed by atoms with Crippen LogP contribution in [0.25, 0.3) is 0 Å². The van der Waals surface area contributed by atoms with E-state index >= 15 is 0 Å². The molecule has 0 aliphatic heterocycles. The fourth-order valence-electron chi connectivity index (χ4n) is 3.23. The summed E-state index contributed by atoms with van der Waals surface area (Å²) < 4.78 is 2.05. The van der Waals surface area contributed by atoms with Crippen LogP contribution in [0, 0.1) is 0 Å². The van der Waals surface area contributed by atoms with E-state index in [9.17, 15) is 0 Å². The van der Waals surface area contributed by atoms with Gasteiger partial charge in [-0.05, 0) is 52.1 Å². The molecule has 21 heavy (non-hydrogen) atoms. The molecular weight excluding hydrogens is 262 g/mol. The number of rotatable bonds is 8. The maximum absolute atomic E-state index is 4.42. The van der Waals surface area contributed by atoms with Crippen molar-refractivity contribution in [3.63, 3.8) is 0 Å². The highest BCUT2D eigenvalue weighted by atomic mass is 15.3. The van der Waals surface area contributed by atoms with Crippen LogP contribution in [-0.2, 0) is 13.1 Å². The van der Waals surface area contributed by atoms with Gasteiger partial charge in [0.15, 0.2) is 0 Å². The number of hydrogen-bond acceptors (Lipinski definition) is 4. The van der Waals surface area contributed by atoms with Crippen molar-refractivity contribution < 1.29 is 0 Å². The van der Waals surface area contributed by atoms with Gasteiger partial charge in [-0.3, -0.25) is 4.90 Å². The largest absolute Gasteiger partial charge is 0.314 e. The topological polar surface area (TPSA) is 46.0 Å². The van der Waals surface area contributed by atoms with Crippen molar-refractivity contribution in [1.82, 2.24) is 25.0 Å². The molecule has 120 valence electrons. The molecule has 0 saturated heterocycles. The second-order valence-electron chi connectivity index (χ2n) is 6.27. The van der Waals surface area contributed by atoms with Crippen molar-refractivity contribution in [3.8, 4) is 0 Å². The normalized spacial score (nSPS) is 22.9. The molecule has 5 nitrogen and oxygen atoms in total. The Morgan fingerprint density at radius 1 is 1.24 bits per heavy atom. The van der Waals surface area contributed by atoms with Gasteiger partial charge in [-0.15, -0.1) is 0 Å². The molecule has 1 aromatic heterocycles. The SMILES string of the molecule is CCCNC1CCC(N(C)Cc2ncnn2CCC)CC1. The van der Waals surface area contributed by atoms with Crippen molar-refractivity contribution in [2.45, 2.75) is 77.5 Å². The fraction of sp³-hybridized carbons (Fsp3) is 0.875. The minimum Gasteiger partial charge on any atom is -0.314 e. The standard InChI is InChI=1S/C16H31N5/c1-4-10-17-14-6-8-15(9-7-14)20(3)12-16-18-13-19-21(16)11-5-2/h13-15,17H,4-12H2,1-3H3. The van der Waals surface area contributed by atoms with E-state index in [4.69, 9.17) is 0 Å². The van der Waals surface area contributed by atoms with E-state index in [1.165, 1.54) is 32.1 Å². The summed E-state index contributed by atoms with van der Waals surface area (Å²) in [7, 11) is 2.23. The Labute approximate surface area is 129 Å². The molecule has 0 aromatic carbocycles. The smallest absolute Gasteiger partial charge is 0.141 e. The summed E-state index contributed by atoms with van der Waals surface area (Å²) in [5.74, 6) is 1.10. The van der Waals surface area contributed by atoms with Gasteiger partial charge < -0.3 is 5.32 Å². The first kappa shape index (κ1) is 16.4. The Morgan fingerprint density at radius 2 is 2.00 bits per heavy atom. The molecule has 0 atom stereocenters. The first-order valence-corrected chi connectivity index (χ1v) is 8.54. The minimum atomic E-state index is 0.691. The van der Waals surface area contributed by atoms with Crippen LogP contribution in [0.3, 0.4) is 0 Å². The average Bonchev–Trinajstić information content (AvgIpc) is 2.93. The van der Waals surface area contributed by atoms with Gasteiger partial charge in [0.25, 0.3) is 0 Å². The summed E-state index contributed by atoms with van der Waals surface area (Å²) in [4.78, 5) is 6.89. The van der Waals surface area contributed by atoms with Crippen LogP contribution < -0.4 is 5.32 Å². The Balaban J connectivity index is 1.79. The zero-order valence-corrected chi connectivity index (χ0v) is 13.9. The van der Waals surface area contributed by atoms with Crippen molar-refractivity contribution >= 4 is 0 Å². The summed E-state index contributed by atoms with van der Waals surface area (Å²) in [6, 6.07) is 1.43. The van der Waals surface area contributed by atoms with E-state index in [-0.39, 0.29) is 0 Å². The second kappa shape index (κ2) is 8.49. The van der Waals surface area contributed by atoms with Crippen LogP contribution in [0.2, 0.25) is 0 Å². The summed E-state index contributed by atoms with van der Waals surface area (Å²) >= 11 is 0. The van der Waals surface area contributed by atoms with Crippen LogP contribution in [0.1, 0.15) is 58.2 Å². The zero-order chi connectivity index (χ0) is 15.1. The first-order chi connectivity index (χ1) is 10.2. The third-order valence-electron chi connectivity index (χ3n) is 4.53. The molecule has 0 spiro atoms. The summed E-state index contributed by atoms with van der Waals surface area (Å²) in [5, 5.41) is 7.98. The zero-order valence-electron chi connectivity index (χ0n) is 13.9. The number of nitrogens with one attached hydrogen (secondary N) is 1. The van der Waals surface area contributed by atoms with E-state index < -0.39 is 0 Å². The third kappa shape index (κ3) is 4.78. The van der Waals surface area contributed by atoms with Gasteiger partial charge in [0.2, 0.25) is 0 Å². The van der Waals surface area contributed by atoms with E-state index in [0.717, 1.165) is 37.9 Å². The molecule has 1 fully saturated rings. The molecule has 1 aliphatic rings. The molecule has 0 bridgehead atoms. The van der Waals surface area contributed by atoms with Crippen molar-refractivity contribution in [3.05, 3.63) is 12.2 Å². The van der Waals surface area contributed by atoms with E-state index in [2.05, 4.69) is 41.2 Å². The maximum atomic E-state index is 4.42. The lowest BCUT2D eigenvalue weighted by molar-refractivity contribution is 0.162. The number of aryl methyl sites for hydroxylation is 1. The van der Waals surface area contributed by atoms with Crippen LogP contribution in [0.5, 0.6) is 0 Å².